The van der Waals surface area contributed by atoms with Crippen molar-refractivity contribution < 1.29 is 28.6 Å². The smallest absolute Gasteiger partial charge is 0.339 e. The number of thioether (sulfide) groups is 1. The summed E-state index contributed by atoms with van der Waals surface area (Å²) in [6, 6.07) is 12.0. The molecule has 2 aromatic carbocycles. The fourth-order valence-corrected chi connectivity index (χ4v) is 3.61. The quantitative estimate of drug-likeness (QED) is 0.504. The van der Waals surface area contributed by atoms with Crippen LogP contribution in [0.3, 0.4) is 0 Å². The Morgan fingerprint density at radius 1 is 1.10 bits per heavy atom. The monoisotopic (exact) mass is 443 g/mol. The highest BCUT2D eigenvalue weighted by Gasteiger charge is 2.24. The SMILES string of the molecule is C[C@H](Sc1ccccc1C(=O)OCC(=O)C(C)(C)C)C(=O)Nc1ccc2c(c1)OCO2. The molecule has 2 aromatic rings. The highest BCUT2D eigenvalue weighted by Crippen LogP contribution is 2.35. The molecule has 0 spiro atoms. The number of hydrogen-bond acceptors (Lipinski definition) is 7. The number of ketones is 1. The van der Waals surface area contributed by atoms with E-state index >= 15 is 0 Å². The van der Waals surface area contributed by atoms with Gasteiger partial charge in [-0.15, -0.1) is 11.8 Å². The maximum atomic E-state index is 12.7. The van der Waals surface area contributed by atoms with Gasteiger partial charge >= 0.3 is 5.97 Å². The van der Waals surface area contributed by atoms with E-state index < -0.39 is 16.6 Å². The van der Waals surface area contributed by atoms with Gasteiger partial charge in [0.1, 0.15) is 0 Å². The van der Waals surface area contributed by atoms with Crippen molar-refractivity contribution in [2.45, 2.75) is 37.8 Å². The van der Waals surface area contributed by atoms with Crippen molar-refractivity contribution in [2.24, 2.45) is 5.41 Å². The number of benzene rings is 2. The molecule has 8 heteroatoms. The lowest BCUT2D eigenvalue weighted by molar-refractivity contribution is -0.129. The minimum atomic E-state index is -0.593. The molecule has 0 aliphatic carbocycles. The molecule has 0 saturated carbocycles. The summed E-state index contributed by atoms with van der Waals surface area (Å²) in [5.41, 5.74) is 0.322. The van der Waals surface area contributed by atoms with Crippen molar-refractivity contribution in [3.8, 4) is 11.5 Å². The lowest BCUT2D eigenvalue weighted by atomic mass is 9.91. The van der Waals surface area contributed by atoms with Gasteiger partial charge in [0.05, 0.1) is 10.8 Å². The Morgan fingerprint density at radius 3 is 2.55 bits per heavy atom. The molecule has 0 aromatic heterocycles. The molecule has 1 aliphatic rings. The van der Waals surface area contributed by atoms with Gasteiger partial charge in [0.15, 0.2) is 23.9 Å². The Bertz CT molecular complexity index is 998. The first-order valence-electron chi connectivity index (χ1n) is 9.82. The number of Topliss-reactive ketones (excluding diaryl/α,β-unsaturated/α-hetero) is 1. The number of fused-ring (bicyclic) bond motifs is 1. The summed E-state index contributed by atoms with van der Waals surface area (Å²) in [6.07, 6.45) is 0. The standard InChI is InChI=1S/C23H25NO6S/c1-14(21(26)24-15-9-10-17-18(11-15)30-13-29-17)31-19-8-6-5-7-16(19)22(27)28-12-20(25)23(2,3)4/h5-11,14H,12-13H2,1-4H3,(H,24,26)/t14-/m0/s1. The molecule has 1 N–H and O–H groups in total. The van der Waals surface area contributed by atoms with Crippen LogP contribution in [0.2, 0.25) is 0 Å². The average molecular weight is 444 g/mol. The summed E-state index contributed by atoms with van der Waals surface area (Å²) in [4.78, 5) is 37.8. The molecule has 3 rings (SSSR count). The zero-order chi connectivity index (χ0) is 22.6. The lowest BCUT2D eigenvalue weighted by Gasteiger charge is -2.17. The van der Waals surface area contributed by atoms with E-state index in [1.807, 2.05) is 0 Å². The molecule has 7 nitrogen and oxygen atoms in total. The number of rotatable bonds is 7. The van der Waals surface area contributed by atoms with Gasteiger partial charge in [0.2, 0.25) is 12.7 Å². The maximum absolute atomic E-state index is 12.7. The van der Waals surface area contributed by atoms with Gasteiger partial charge in [-0.1, -0.05) is 32.9 Å². The van der Waals surface area contributed by atoms with Crippen LogP contribution >= 0.6 is 11.8 Å². The first-order chi connectivity index (χ1) is 14.6. The van der Waals surface area contributed by atoms with Gasteiger partial charge < -0.3 is 19.5 Å². The van der Waals surface area contributed by atoms with Gasteiger partial charge in [-0.25, -0.2) is 4.79 Å². The summed E-state index contributed by atoms with van der Waals surface area (Å²) < 4.78 is 15.8. The topological polar surface area (TPSA) is 90.9 Å². The second-order valence-corrected chi connectivity index (χ2v) is 9.45. The molecule has 1 amide bonds. The summed E-state index contributed by atoms with van der Waals surface area (Å²) in [5.74, 6) is 0.232. The van der Waals surface area contributed by atoms with Crippen LogP contribution in [0, 0.1) is 5.41 Å². The van der Waals surface area contributed by atoms with Crippen molar-refractivity contribution in [3.05, 3.63) is 48.0 Å². The average Bonchev–Trinajstić information content (AvgIpc) is 3.19. The summed E-state index contributed by atoms with van der Waals surface area (Å²) in [6.45, 7) is 6.93. The first-order valence-corrected chi connectivity index (χ1v) is 10.7. The third kappa shape index (κ3) is 5.79. The maximum Gasteiger partial charge on any atom is 0.339 e. The van der Waals surface area contributed by atoms with Crippen molar-refractivity contribution >= 4 is 35.1 Å². The predicted molar refractivity (Wildman–Crippen MR) is 118 cm³/mol. The molecule has 0 radical (unpaired) electrons. The van der Waals surface area contributed by atoms with Crippen molar-refractivity contribution in [3.63, 3.8) is 0 Å². The van der Waals surface area contributed by atoms with Crippen LogP contribution in [0.15, 0.2) is 47.4 Å². The van der Waals surface area contributed by atoms with Gasteiger partial charge in [-0.2, -0.15) is 0 Å². The Kier molecular flexibility index (Phi) is 6.90. The Morgan fingerprint density at radius 2 is 1.81 bits per heavy atom. The van der Waals surface area contributed by atoms with E-state index in [2.05, 4.69) is 5.32 Å². The zero-order valence-corrected chi connectivity index (χ0v) is 18.7. The number of nitrogens with one attached hydrogen (secondary N) is 1. The molecule has 1 aliphatic heterocycles. The third-order valence-corrected chi connectivity index (χ3v) is 5.77. The molecule has 0 bridgehead atoms. The van der Waals surface area contributed by atoms with Crippen LogP contribution in [0.1, 0.15) is 38.1 Å². The minimum absolute atomic E-state index is 0.160. The molecule has 0 unspecified atom stereocenters. The number of esters is 1. The van der Waals surface area contributed by atoms with E-state index in [1.54, 1.807) is 70.2 Å². The molecular formula is C23H25NO6S. The Balaban J connectivity index is 1.63. The molecule has 31 heavy (non-hydrogen) atoms. The van der Waals surface area contributed by atoms with E-state index in [-0.39, 0.29) is 25.1 Å². The normalized spacial score (nSPS) is 13.4. The van der Waals surface area contributed by atoms with E-state index in [0.29, 0.717) is 27.6 Å². The van der Waals surface area contributed by atoms with Crippen LogP contribution < -0.4 is 14.8 Å². The van der Waals surface area contributed by atoms with Crippen LogP contribution in [-0.4, -0.2) is 36.3 Å². The number of hydrogen-bond donors (Lipinski definition) is 1. The van der Waals surface area contributed by atoms with Gasteiger partial charge in [0.25, 0.3) is 0 Å². The summed E-state index contributed by atoms with van der Waals surface area (Å²) >= 11 is 1.24. The van der Waals surface area contributed by atoms with Crippen molar-refractivity contribution in [2.75, 3.05) is 18.7 Å². The minimum Gasteiger partial charge on any atom is -0.454 e. The molecular weight excluding hydrogens is 418 g/mol. The highest BCUT2D eigenvalue weighted by atomic mass is 32.2. The van der Waals surface area contributed by atoms with Crippen molar-refractivity contribution in [1.29, 1.82) is 0 Å². The van der Waals surface area contributed by atoms with E-state index in [1.165, 1.54) is 11.8 Å². The fraction of sp³-hybridized carbons (Fsp3) is 0.348. The largest absolute Gasteiger partial charge is 0.454 e. The van der Waals surface area contributed by atoms with E-state index in [9.17, 15) is 14.4 Å². The van der Waals surface area contributed by atoms with E-state index in [0.717, 1.165) is 0 Å². The molecule has 164 valence electrons. The Hall–Kier alpha value is -3.00. The molecule has 0 fully saturated rings. The lowest BCUT2D eigenvalue weighted by Crippen LogP contribution is -2.26. The fourth-order valence-electron chi connectivity index (χ4n) is 2.63. The summed E-state index contributed by atoms with van der Waals surface area (Å²) in [5, 5.41) is 2.35. The van der Waals surface area contributed by atoms with Gasteiger partial charge in [-0.05, 0) is 31.2 Å². The molecule has 1 atom stereocenters. The zero-order valence-electron chi connectivity index (χ0n) is 17.9. The number of amides is 1. The summed E-state index contributed by atoms with van der Waals surface area (Å²) in [7, 11) is 0. The number of carbonyl (C=O) groups is 3. The number of ether oxygens (including phenoxy) is 3. The van der Waals surface area contributed by atoms with E-state index in [4.69, 9.17) is 14.2 Å². The van der Waals surface area contributed by atoms with Gasteiger partial charge in [0, 0.05) is 22.1 Å². The highest BCUT2D eigenvalue weighted by molar-refractivity contribution is 8.00. The predicted octanol–water partition coefficient (Wildman–Crippen LogP) is 4.31. The van der Waals surface area contributed by atoms with Gasteiger partial charge in [-0.3, -0.25) is 9.59 Å². The molecule has 0 saturated heterocycles. The van der Waals surface area contributed by atoms with Crippen LogP contribution in [-0.2, 0) is 14.3 Å². The first kappa shape index (κ1) is 22.7. The third-order valence-electron chi connectivity index (χ3n) is 4.59. The number of anilines is 1. The molecule has 1 heterocycles. The van der Waals surface area contributed by atoms with Crippen LogP contribution in [0.25, 0.3) is 0 Å². The second kappa shape index (κ2) is 9.43. The van der Waals surface area contributed by atoms with Crippen molar-refractivity contribution in [1.82, 2.24) is 0 Å². The van der Waals surface area contributed by atoms with Crippen LogP contribution in [0.5, 0.6) is 11.5 Å². The second-order valence-electron chi connectivity index (χ2n) is 8.06. The Labute approximate surface area is 185 Å². The van der Waals surface area contributed by atoms with Crippen LogP contribution in [0.4, 0.5) is 5.69 Å². The number of carbonyl (C=O) groups excluding carboxylic acids is 3.